The van der Waals surface area contributed by atoms with Crippen LogP contribution >= 0.6 is 0 Å². The number of nitrogens with two attached hydrogens (primary N) is 1. The molecule has 0 saturated carbocycles. The van der Waals surface area contributed by atoms with E-state index in [1.165, 1.54) is 0 Å². The standard InChI is InChI=1S/C13H16N4O/c1-3-7-15-13(18)12-10(14)9-6-4-5-8(2)11(9)16-17-12/h4-6H,3,7H2,1-2H3,(H2,14,16)(H,15,18). The summed E-state index contributed by atoms with van der Waals surface area (Å²) in [5, 5.41) is 11.5. The highest BCUT2D eigenvalue weighted by molar-refractivity contribution is 6.04. The summed E-state index contributed by atoms with van der Waals surface area (Å²) in [5.41, 5.74) is 8.31. The van der Waals surface area contributed by atoms with Crippen molar-refractivity contribution in [3.63, 3.8) is 0 Å². The van der Waals surface area contributed by atoms with E-state index in [1.54, 1.807) is 0 Å². The largest absolute Gasteiger partial charge is 0.396 e. The number of nitrogens with zero attached hydrogens (tertiary/aromatic N) is 2. The summed E-state index contributed by atoms with van der Waals surface area (Å²) in [6, 6.07) is 5.68. The molecule has 0 saturated heterocycles. The van der Waals surface area contributed by atoms with E-state index in [0.717, 1.165) is 22.9 Å². The summed E-state index contributed by atoms with van der Waals surface area (Å²) in [6.07, 6.45) is 0.867. The average Bonchev–Trinajstić information content (AvgIpc) is 2.37. The van der Waals surface area contributed by atoms with Gasteiger partial charge in [-0.05, 0) is 18.9 Å². The van der Waals surface area contributed by atoms with Gasteiger partial charge in [0.2, 0.25) is 0 Å². The molecule has 2 rings (SSSR count). The minimum absolute atomic E-state index is 0.196. The van der Waals surface area contributed by atoms with Crippen LogP contribution in [-0.2, 0) is 0 Å². The van der Waals surface area contributed by atoms with Crippen molar-refractivity contribution in [2.24, 2.45) is 0 Å². The predicted octanol–water partition coefficient (Wildman–Crippen LogP) is 1.66. The number of nitrogens with one attached hydrogen (secondary N) is 1. The second-order valence-electron chi connectivity index (χ2n) is 4.19. The van der Waals surface area contributed by atoms with Gasteiger partial charge in [0.15, 0.2) is 5.69 Å². The highest BCUT2D eigenvalue weighted by Gasteiger charge is 2.15. The fraction of sp³-hybridized carbons (Fsp3) is 0.308. The molecule has 3 N–H and O–H groups in total. The van der Waals surface area contributed by atoms with Crippen molar-refractivity contribution in [2.45, 2.75) is 20.3 Å². The maximum absolute atomic E-state index is 11.9. The van der Waals surface area contributed by atoms with Crippen molar-refractivity contribution in [3.05, 3.63) is 29.5 Å². The first-order valence-electron chi connectivity index (χ1n) is 5.94. The van der Waals surface area contributed by atoms with Crippen LogP contribution in [0.1, 0.15) is 29.4 Å². The lowest BCUT2D eigenvalue weighted by Crippen LogP contribution is -2.26. The number of amides is 1. The molecule has 1 heterocycles. The van der Waals surface area contributed by atoms with Gasteiger partial charge in [0.25, 0.3) is 5.91 Å². The molecule has 5 nitrogen and oxygen atoms in total. The van der Waals surface area contributed by atoms with Crippen molar-refractivity contribution in [1.29, 1.82) is 0 Å². The molecule has 0 aliphatic rings. The van der Waals surface area contributed by atoms with Crippen LogP contribution in [0.3, 0.4) is 0 Å². The number of aryl methyl sites for hydroxylation is 1. The smallest absolute Gasteiger partial charge is 0.273 e. The number of hydrogen-bond donors (Lipinski definition) is 2. The van der Waals surface area contributed by atoms with E-state index in [9.17, 15) is 4.79 Å². The molecule has 1 aromatic heterocycles. The lowest BCUT2D eigenvalue weighted by molar-refractivity contribution is 0.0949. The van der Waals surface area contributed by atoms with E-state index in [-0.39, 0.29) is 11.6 Å². The second-order valence-corrected chi connectivity index (χ2v) is 4.19. The molecular weight excluding hydrogens is 228 g/mol. The normalized spacial score (nSPS) is 10.6. The molecule has 1 amide bonds. The van der Waals surface area contributed by atoms with Gasteiger partial charge in [-0.3, -0.25) is 4.79 Å². The van der Waals surface area contributed by atoms with Crippen LogP contribution in [-0.4, -0.2) is 22.6 Å². The second kappa shape index (κ2) is 5.00. The average molecular weight is 244 g/mol. The number of carbonyl (C=O) groups is 1. The van der Waals surface area contributed by atoms with Crippen LogP contribution in [0.15, 0.2) is 18.2 Å². The maximum Gasteiger partial charge on any atom is 0.273 e. The van der Waals surface area contributed by atoms with E-state index in [2.05, 4.69) is 15.5 Å². The minimum Gasteiger partial charge on any atom is -0.396 e. The lowest BCUT2D eigenvalue weighted by atomic mass is 10.1. The van der Waals surface area contributed by atoms with Gasteiger partial charge in [-0.15, -0.1) is 10.2 Å². The summed E-state index contributed by atoms with van der Waals surface area (Å²) in [5.74, 6) is -0.273. The Morgan fingerprint density at radius 2 is 2.17 bits per heavy atom. The van der Waals surface area contributed by atoms with E-state index in [4.69, 9.17) is 5.73 Å². The third kappa shape index (κ3) is 2.11. The summed E-state index contributed by atoms with van der Waals surface area (Å²) < 4.78 is 0. The number of nitrogen functional groups attached to an aromatic ring is 1. The van der Waals surface area contributed by atoms with Crippen LogP contribution in [0.5, 0.6) is 0 Å². The van der Waals surface area contributed by atoms with Crippen molar-refractivity contribution >= 4 is 22.5 Å². The van der Waals surface area contributed by atoms with Crippen LogP contribution < -0.4 is 11.1 Å². The Kier molecular flexibility index (Phi) is 3.41. The minimum atomic E-state index is -0.273. The van der Waals surface area contributed by atoms with Gasteiger partial charge in [-0.25, -0.2) is 0 Å². The molecule has 0 aliphatic carbocycles. The van der Waals surface area contributed by atoms with E-state index < -0.39 is 0 Å². The molecule has 0 spiro atoms. The number of anilines is 1. The Balaban J connectivity index is 2.48. The van der Waals surface area contributed by atoms with Gasteiger partial charge < -0.3 is 11.1 Å². The molecule has 0 atom stereocenters. The fourth-order valence-electron chi connectivity index (χ4n) is 1.78. The number of rotatable bonds is 3. The molecule has 0 bridgehead atoms. The van der Waals surface area contributed by atoms with Gasteiger partial charge in [-0.1, -0.05) is 25.1 Å². The quantitative estimate of drug-likeness (QED) is 0.860. The zero-order chi connectivity index (χ0) is 13.1. The molecule has 0 fully saturated rings. The summed E-state index contributed by atoms with van der Waals surface area (Å²) in [7, 11) is 0. The molecule has 0 aliphatic heterocycles. The number of hydrogen-bond acceptors (Lipinski definition) is 4. The van der Waals surface area contributed by atoms with Gasteiger partial charge >= 0.3 is 0 Å². The zero-order valence-corrected chi connectivity index (χ0v) is 10.5. The fourth-order valence-corrected chi connectivity index (χ4v) is 1.78. The number of carbonyl (C=O) groups excluding carboxylic acids is 1. The Hall–Kier alpha value is -2.17. The lowest BCUT2D eigenvalue weighted by Gasteiger charge is -2.08. The van der Waals surface area contributed by atoms with Gasteiger partial charge in [0, 0.05) is 11.9 Å². The predicted molar refractivity (Wildman–Crippen MR) is 71.3 cm³/mol. The van der Waals surface area contributed by atoms with Crippen molar-refractivity contribution in [1.82, 2.24) is 15.5 Å². The number of aromatic nitrogens is 2. The highest BCUT2D eigenvalue weighted by atomic mass is 16.1. The Morgan fingerprint density at radius 1 is 1.39 bits per heavy atom. The molecule has 0 unspecified atom stereocenters. The van der Waals surface area contributed by atoms with Crippen molar-refractivity contribution < 1.29 is 4.79 Å². The van der Waals surface area contributed by atoms with Crippen molar-refractivity contribution in [3.8, 4) is 0 Å². The Morgan fingerprint density at radius 3 is 2.89 bits per heavy atom. The zero-order valence-electron chi connectivity index (χ0n) is 10.5. The monoisotopic (exact) mass is 244 g/mol. The van der Waals surface area contributed by atoms with Gasteiger partial charge in [0.1, 0.15) is 0 Å². The first-order chi connectivity index (χ1) is 8.65. The molecule has 1 aromatic carbocycles. The maximum atomic E-state index is 11.9. The molecular formula is C13H16N4O. The number of fused-ring (bicyclic) bond motifs is 1. The molecule has 2 aromatic rings. The summed E-state index contributed by atoms with van der Waals surface area (Å²) in [6.45, 7) is 4.53. The summed E-state index contributed by atoms with van der Waals surface area (Å²) >= 11 is 0. The van der Waals surface area contributed by atoms with Gasteiger partial charge in [0.05, 0.1) is 11.2 Å². The van der Waals surface area contributed by atoms with E-state index >= 15 is 0 Å². The molecule has 94 valence electrons. The SMILES string of the molecule is CCCNC(=O)c1nnc2c(C)cccc2c1N. The molecule has 0 radical (unpaired) electrons. The Bertz CT molecular complexity index is 595. The van der Waals surface area contributed by atoms with Crippen LogP contribution in [0.2, 0.25) is 0 Å². The topological polar surface area (TPSA) is 80.9 Å². The highest BCUT2D eigenvalue weighted by Crippen LogP contribution is 2.23. The van der Waals surface area contributed by atoms with E-state index in [1.807, 2.05) is 32.0 Å². The van der Waals surface area contributed by atoms with Gasteiger partial charge in [-0.2, -0.15) is 0 Å². The third-order valence-corrected chi connectivity index (χ3v) is 2.78. The van der Waals surface area contributed by atoms with Crippen LogP contribution in [0.25, 0.3) is 10.9 Å². The third-order valence-electron chi connectivity index (χ3n) is 2.78. The first-order valence-corrected chi connectivity index (χ1v) is 5.94. The van der Waals surface area contributed by atoms with Crippen LogP contribution in [0.4, 0.5) is 5.69 Å². The van der Waals surface area contributed by atoms with E-state index in [0.29, 0.717) is 12.2 Å². The number of benzene rings is 1. The first kappa shape index (κ1) is 12.3. The summed E-state index contributed by atoms with van der Waals surface area (Å²) in [4.78, 5) is 11.9. The van der Waals surface area contributed by atoms with Crippen LogP contribution in [0, 0.1) is 6.92 Å². The van der Waals surface area contributed by atoms with Crippen molar-refractivity contribution in [2.75, 3.05) is 12.3 Å². The Labute approximate surface area is 105 Å². The molecule has 18 heavy (non-hydrogen) atoms. The molecule has 5 heteroatoms.